The highest BCUT2D eigenvalue weighted by Gasteiger charge is 2.32. The summed E-state index contributed by atoms with van der Waals surface area (Å²) in [4.78, 5) is 17.3. The number of hydrogen-bond acceptors (Lipinski definition) is 5. The van der Waals surface area contributed by atoms with E-state index in [1.54, 1.807) is 12.1 Å². The number of anilines is 1. The molecule has 2 heterocycles. The van der Waals surface area contributed by atoms with Crippen molar-refractivity contribution in [3.8, 4) is 0 Å². The molecule has 0 unspecified atom stereocenters. The molecule has 6 nitrogen and oxygen atoms in total. The van der Waals surface area contributed by atoms with Crippen LogP contribution in [0.5, 0.6) is 0 Å². The van der Waals surface area contributed by atoms with E-state index in [0.29, 0.717) is 36.1 Å². The maximum atomic E-state index is 12.8. The van der Waals surface area contributed by atoms with E-state index in [1.165, 1.54) is 27.8 Å². The molecule has 1 fully saturated rings. The standard InChI is InChI=1S/C19H17BrClN3O3S2/c20-15-2-1-3-16-17(15)22-19(28-16)23-18(25)12-8-10-24(11-9-12)29(26,27)14-6-4-13(21)5-7-14/h1-7,12H,8-11H2,(H,22,23,25). The number of para-hydroxylation sites is 1. The molecule has 4 rings (SSSR count). The number of piperidine rings is 1. The van der Waals surface area contributed by atoms with Crippen molar-refractivity contribution in [2.75, 3.05) is 18.4 Å². The smallest absolute Gasteiger partial charge is 0.243 e. The SMILES string of the molecule is O=C(Nc1nc2c(Br)cccc2s1)C1CCN(S(=O)(=O)c2ccc(Cl)cc2)CC1. The Balaban J connectivity index is 1.40. The summed E-state index contributed by atoms with van der Waals surface area (Å²) in [7, 11) is -3.58. The van der Waals surface area contributed by atoms with Crippen molar-refractivity contribution >= 4 is 70.1 Å². The summed E-state index contributed by atoms with van der Waals surface area (Å²) >= 11 is 10.7. The average molecular weight is 515 g/mol. The number of fused-ring (bicyclic) bond motifs is 1. The third-order valence-corrected chi connectivity index (χ3v) is 8.62. The van der Waals surface area contributed by atoms with Gasteiger partial charge in [-0.15, -0.1) is 0 Å². The van der Waals surface area contributed by atoms with Crippen LogP contribution < -0.4 is 5.32 Å². The molecule has 0 saturated carbocycles. The van der Waals surface area contributed by atoms with Crippen molar-refractivity contribution in [3.63, 3.8) is 0 Å². The number of rotatable bonds is 4. The Morgan fingerprint density at radius 3 is 2.52 bits per heavy atom. The molecule has 1 amide bonds. The molecule has 0 radical (unpaired) electrons. The summed E-state index contributed by atoms with van der Waals surface area (Å²) in [6.45, 7) is 0.600. The van der Waals surface area contributed by atoms with Gasteiger partial charge in [-0.25, -0.2) is 13.4 Å². The first kappa shape index (κ1) is 20.7. The molecular formula is C19H17BrClN3O3S2. The van der Waals surface area contributed by atoms with E-state index in [9.17, 15) is 13.2 Å². The van der Waals surface area contributed by atoms with Crippen molar-refractivity contribution in [3.05, 3.63) is 52.0 Å². The van der Waals surface area contributed by atoms with Gasteiger partial charge in [0.25, 0.3) is 0 Å². The predicted molar refractivity (Wildman–Crippen MR) is 119 cm³/mol. The molecule has 1 aliphatic heterocycles. The van der Waals surface area contributed by atoms with Crippen molar-refractivity contribution in [1.29, 1.82) is 0 Å². The number of amides is 1. The average Bonchev–Trinajstić information content (AvgIpc) is 3.12. The maximum absolute atomic E-state index is 12.8. The van der Waals surface area contributed by atoms with Gasteiger partial charge in [0.05, 0.1) is 15.1 Å². The molecule has 1 aromatic heterocycles. The minimum absolute atomic E-state index is 0.122. The van der Waals surface area contributed by atoms with Crippen molar-refractivity contribution in [1.82, 2.24) is 9.29 Å². The lowest BCUT2D eigenvalue weighted by atomic mass is 9.97. The number of halogens is 2. The monoisotopic (exact) mass is 513 g/mol. The van der Waals surface area contributed by atoms with Gasteiger partial charge in [0.15, 0.2) is 5.13 Å². The van der Waals surface area contributed by atoms with Crippen LogP contribution in [0.3, 0.4) is 0 Å². The summed E-state index contributed by atoms with van der Waals surface area (Å²) in [6.07, 6.45) is 0.931. The Hall–Kier alpha value is -1.52. The molecule has 2 aromatic carbocycles. The molecule has 10 heteroatoms. The van der Waals surface area contributed by atoms with Crippen LogP contribution in [0.25, 0.3) is 10.2 Å². The zero-order valence-corrected chi connectivity index (χ0v) is 19.1. The minimum Gasteiger partial charge on any atom is -0.302 e. The molecule has 3 aromatic rings. The van der Waals surface area contributed by atoms with Crippen LogP contribution in [0.15, 0.2) is 51.8 Å². The van der Waals surface area contributed by atoms with E-state index in [4.69, 9.17) is 11.6 Å². The second kappa shape index (κ2) is 8.31. The van der Waals surface area contributed by atoms with Gasteiger partial charge < -0.3 is 5.32 Å². The van der Waals surface area contributed by atoms with Crippen LogP contribution in [0.4, 0.5) is 5.13 Å². The Labute approximate surface area is 186 Å². The Morgan fingerprint density at radius 1 is 1.17 bits per heavy atom. The Bertz CT molecular complexity index is 1160. The lowest BCUT2D eigenvalue weighted by molar-refractivity contribution is -0.120. The van der Waals surface area contributed by atoms with Crippen LogP contribution in [-0.2, 0) is 14.8 Å². The first-order valence-electron chi connectivity index (χ1n) is 8.96. The fraction of sp³-hybridized carbons (Fsp3) is 0.263. The lowest BCUT2D eigenvalue weighted by Crippen LogP contribution is -2.41. The van der Waals surface area contributed by atoms with Gasteiger partial charge >= 0.3 is 0 Å². The molecular weight excluding hydrogens is 498 g/mol. The van der Waals surface area contributed by atoms with Crippen molar-refractivity contribution in [2.24, 2.45) is 5.92 Å². The number of sulfonamides is 1. The van der Waals surface area contributed by atoms with E-state index in [-0.39, 0.29) is 16.7 Å². The van der Waals surface area contributed by atoms with Gasteiger partial charge in [0, 0.05) is 28.5 Å². The molecule has 0 spiro atoms. The molecule has 152 valence electrons. The van der Waals surface area contributed by atoms with Gasteiger partial charge in [0.1, 0.15) is 0 Å². The molecule has 0 aliphatic carbocycles. The number of aromatic nitrogens is 1. The quantitative estimate of drug-likeness (QED) is 0.545. The fourth-order valence-electron chi connectivity index (χ4n) is 3.29. The van der Waals surface area contributed by atoms with E-state index in [0.717, 1.165) is 14.7 Å². The van der Waals surface area contributed by atoms with Gasteiger partial charge in [0.2, 0.25) is 15.9 Å². The van der Waals surface area contributed by atoms with E-state index in [1.807, 2.05) is 18.2 Å². The van der Waals surface area contributed by atoms with E-state index >= 15 is 0 Å². The minimum atomic E-state index is -3.58. The molecule has 1 saturated heterocycles. The Kier molecular flexibility index (Phi) is 5.94. The molecule has 0 atom stereocenters. The zero-order valence-electron chi connectivity index (χ0n) is 15.1. The zero-order chi connectivity index (χ0) is 20.6. The largest absolute Gasteiger partial charge is 0.302 e. The van der Waals surface area contributed by atoms with E-state index in [2.05, 4.69) is 26.2 Å². The molecule has 1 aliphatic rings. The summed E-state index contributed by atoms with van der Waals surface area (Å²) in [5.41, 5.74) is 0.816. The first-order valence-corrected chi connectivity index (χ1v) is 12.4. The van der Waals surface area contributed by atoms with Gasteiger partial charge in [-0.3, -0.25) is 4.79 Å². The highest BCUT2D eigenvalue weighted by atomic mass is 79.9. The first-order chi connectivity index (χ1) is 13.8. The number of carbonyl (C=O) groups excluding carboxylic acids is 1. The van der Waals surface area contributed by atoms with Crippen LogP contribution in [0, 0.1) is 5.92 Å². The van der Waals surface area contributed by atoms with Crippen LogP contribution in [0.1, 0.15) is 12.8 Å². The number of hydrogen-bond donors (Lipinski definition) is 1. The number of nitrogens with zero attached hydrogens (tertiary/aromatic N) is 2. The third kappa shape index (κ3) is 4.34. The van der Waals surface area contributed by atoms with Crippen molar-refractivity contribution in [2.45, 2.75) is 17.7 Å². The predicted octanol–water partition coefficient (Wildman–Crippen LogP) is 4.75. The second-order valence-corrected chi connectivity index (χ2v) is 11.0. The van der Waals surface area contributed by atoms with Gasteiger partial charge in [-0.05, 0) is 65.2 Å². The van der Waals surface area contributed by atoms with Crippen LogP contribution in [-0.4, -0.2) is 36.7 Å². The van der Waals surface area contributed by atoms with E-state index < -0.39 is 10.0 Å². The van der Waals surface area contributed by atoms with Crippen LogP contribution >= 0.6 is 38.9 Å². The summed E-state index contributed by atoms with van der Waals surface area (Å²) in [5, 5.41) is 3.92. The summed E-state index contributed by atoms with van der Waals surface area (Å²) in [6, 6.07) is 11.9. The van der Waals surface area contributed by atoms with Crippen molar-refractivity contribution < 1.29 is 13.2 Å². The number of carbonyl (C=O) groups is 1. The maximum Gasteiger partial charge on any atom is 0.243 e. The second-order valence-electron chi connectivity index (χ2n) is 6.73. The molecule has 0 bridgehead atoms. The summed E-state index contributed by atoms with van der Waals surface area (Å²) < 4.78 is 28.8. The molecule has 29 heavy (non-hydrogen) atoms. The Morgan fingerprint density at radius 2 is 1.86 bits per heavy atom. The summed E-state index contributed by atoms with van der Waals surface area (Å²) in [5.74, 6) is -0.370. The number of thiazole rings is 1. The fourth-order valence-corrected chi connectivity index (χ4v) is 6.37. The number of nitrogens with one attached hydrogen (secondary N) is 1. The number of benzene rings is 2. The lowest BCUT2D eigenvalue weighted by Gasteiger charge is -2.30. The van der Waals surface area contributed by atoms with Gasteiger partial charge in [-0.1, -0.05) is 29.0 Å². The highest BCUT2D eigenvalue weighted by molar-refractivity contribution is 9.10. The normalized spacial score (nSPS) is 16.2. The van der Waals surface area contributed by atoms with Gasteiger partial charge in [-0.2, -0.15) is 4.31 Å². The topological polar surface area (TPSA) is 79.4 Å². The highest BCUT2D eigenvalue weighted by Crippen LogP contribution is 2.32. The third-order valence-electron chi connectivity index (χ3n) is 4.88. The van der Waals surface area contributed by atoms with Crippen LogP contribution in [0.2, 0.25) is 5.02 Å². The molecule has 1 N–H and O–H groups in total.